The Morgan fingerprint density at radius 2 is 1.95 bits per heavy atom. The van der Waals surface area contributed by atoms with Gasteiger partial charge in [0.05, 0.1) is 5.69 Å². The molecule has 1 heterocycles. The van der Waals surface area contributed by atoms with Gasteiger partial charge in [0, 0.05) is 18.8 Å². The Bertz CT molecular complexity index is 529. The van der Waals surface area contributed by atoms with Gasteiger partial charge in [-0.1, -0.05) is 12.1 Å². The molecule has 0 saturated heterocycles. The number of anilines is 1. The second-order valence-corrected chi connectivity index (χ2v) is 5.07. The van der Waals surface area contributed by atoms with Gasteiger partial charge < -0.3 is 9.88 Å². The zero-order valence-corrected chi connectivity index (χ0v) is 11.7. The van der Waals surface area contributed by atoms with Crippen LogP contribution in [0.2, 0.25) is 0 Å². The summed E-state index contributed by atoms with van der Waals surface area (Å²) in [6.45, 7) is 7.00. The van der Waals surface area contributed by atoms with E-state index in [4.69, 9.17) is 0 Å². The summed E-state index contributed by atoms with van der Waals surface area (Å²) in [5, 5.41) is 3.33. The summed E-state index contributed by atoms with van der Waals surface area (Å²) in [5.74, 6) is 0.707. The molecular weight excluding hydrogens is 241 g/mol. The number of aryl methyl sites for hydroxylation is 3. The third-order valence-electron chi connectivity index (χ3n) is 2.87. The molecule has 2 aromatic rings. The van der Waals surface area contributed by atoms with Gasteiger partial charge in [0.1, 0.15) is 5.82 Å². The second-order valence-electron chi connectivity index (χ2n) is 5.07. The van der Waals surface area contributed by atoms with E-state index in [0.29, 0.717) is 6.04 Å². The van der Waals surface area contributed by atoms with Gasteiger partial charge in [-0.25, -0.2) is 9.37 Å². The molecule has 1 aromatic carbocycles. The molecule has 1 aromatic heterocycles. The van der Waals surface area contributed by atoms with E-state index < -0.39 is 0 Å². The Kier molecular flexibility index (Phi) is 4.20. The Hall–Kier alpha value is -1.84. The molecule has 0 aliphatic heterocycles. The molecule has 0 fully saturated rings. The maximum Gasteiger partial charge on any atom is 0.203 e. The molecule has 2 rings (SSSR count). The first-order valence-corrected chi connectivity index (χ1v) is 6.59. The highest BCUT2D eigenvalue weighted by Crippen LogP contribution is 2.12. The average Bonchev–Trinajstić information content (AvgIpc) is 2.68. The van der Waals surface area contributed by atoms with Crippen molar-refractivity contribution in [2.45, 2.75) is 39.8 Å². The van der Waals surface area contributed by atoms with E-state index in [1.807, 2.05) is 25.3 Å². The zero-order valence-electron chi connectivity index (χ0n) is 11.7. The number of aromatic nitrogens is 2. The topological polar surface area (TPSA) is 29.9 Å². The highest BCUT2D eigenvalue weighted by atomic mass is 19.1. The minimum absolute atomic E-state index is 0.190. The van der Waals surface area contributed by atoms with Crippen LogP contribution in [-0.4, -0.2) is 15.6 Å². The Morgan fingerprint density at radius 1 is 1.26 bits per heavy atom. The Morgan fingerprint density at radius 3 is 2.58 bits per heavy atom. The normalized spacial score (nSPS) is 11.0. The van der Waals surface area contributed by atoms with Crippen LogP contribution in [0.25, 0.3) is 0 Å². The molecule has 4 heteroatoms. The lowest BCUT2D eigenvalue weighted by atomic mass is 10.1. The number of hydrogen-bond donors (Lipinski definition) is 1. The van der Waals surface area contributed by atoms with Gasteiger partial charge in [-0.3, -0.25) is 0 Å². The summed E-state index contributed by atoms with van der Waals surface area (Å²) in [7, 11) is 0. The highest BCUT2D eigenvalue weighted by Gasteiger charge is 2.06. The van der Waals surface area contributed by atoms with Crippen LogP contribution in [0.15, 0.2) is 30.5 Å². The standard InChI is InChI=1S/C15H20FN3/c1-11(2)17-15-18-12(3)10-19(15)9-8-13-4-6-14(16)7-5-13/h4-7,10-11H,8-9H2,1-3H3,(H,17,18). The summed E-state index contributed by atoms with van der Waals surface area (Å²) in [4.78, 5) is 4.47. The first kappa shape index (κ1) is 13.6. The molecule has 0 aliphatic carbocycles. The fourth-order valence-electron chi connectivity index (χ4n) is 1.99. The lowest BCUT2D eigenvalue weighted by Crippen LogP contribution is -2.15. The van der Waals surface area contributed by atoms with E-state index in [1.54, 1.807) is 0 Å². The SMILES string of the molecule is Cc1cn(CCc2ccc(F)cc2)c(NC(C)C)n1. The number of benzene rings is 1. The summed E-state index contributed by atoms with van der Waals surface area (Å²) >= 11 is 0. The minimum Gasteiger partial charge on any atom is -0.353 e. The number of nitrogens with one attached hydrogen (secondary N) is 1. The number of nitrogens with zero attached hydrogens (tertiary/aromatic N) is 2. The molecule has 0 amide bonds. The summed E-state index contributed by atoms with van der Waals surface area (Å²) < 4.78 is 14.9. The highest BCUT2D eigenvalue weighted by molar-refractivity contribution is 5.30. The number of hydrogen-bond acceptors (Lipinski definition) is 2. The first-order valence-electron chi connectivity index (χ1n) is 6.59. The fraction of sp³-hybridized carbons (Fsp3) is 0.400. The Balaban J connectivity index is 2.04. The monoisotopic (exact) mass is 261 g/mol. The third kappa shape index (κ3) is 3.81. The van der Waals surface area contributed by atoms with Gasteiger partial charge in [-0.05, 0) is 44.9 Å². The van der Waals surface area contributed by atoms with Crippen molar-refractivity contribution in [3.63, 3.8) is 0 Å². The first-order chi connectivity index (χ1) is 9.04. The third-order valence-corrected chi connectivity index (χ3v) is 2.87. The maximum absolute atomic E-state index is 12.8. The van der Waals surface area contributed by atoms with Gasteiger partial charge in [0.25, 0.3) is 0 Å². The van der Waals surface area contributed by atoms with Gasteiger partial charge in [-0.15, -0.1) is 0 Å². The second kappa shape index (κ2) is 5.87. The van der Waals surface area contributed by atoms with E-state index in [2.05, 4.69) is 28.7 Å². The quantitative estimate of drug-likeness (QED) is 0.894. The number of rotatable bonds is 5. The van der Waals surface area contributed by atoms with E-state index in [-0.39, 0.29) is 5.82 Å². The van der Waals surface area contributed by atoms with Crippen LogP contribution in [0.5, 0.6) is 0 Å². The van der Waals surface area contributed by atoms with Crippen molar-refractivity contribution in [1.29, 1.82) is 0 Å². The molecule has 19 heavy (non-hydrogen) atoms. The van der Waals surface area contributed by atoms with Crippen molar-refractivity contribution < 1.29 is 4.39 Å². The van der Waals surface area contributed by atoms with Gasteiger partial charge in [-0.2, -0.15) is 0 Å². The number of halogens is 1. The van der Waals surface area contributed by atoms with E-state index in [0.717, 1.165) is 30.2 Å². The predicted octanol–water partition coefficient (Wildman–Crippen LogP) is 3.39. The van der Waals surface area contributed by atoms with Crippen LogP contribution in [0.4, 0.5) is 10.3 Å². The maximum atomic E-state index is 12.8. The molecule has 0 saturated carbocycles. The summed E-state index contributed by atoms with van der Waals surface area (Å²) in [6.07, 6.45) is 2.90. The van der Waals surface area contributed by atoms with Gasteiger partial charge in [0.15, 0.2) is 0 Å². The van der Waals surface area contributed by atoms with Crippen molar-refractivity contribution in [2.75, 3.05) is 5.32 Å². The van der Waals surface area contributed by atoms with Crippen molar-refractivity contribution in [3.8, 4) is 0 Å². The predicted molar refractivity (Wildman–Crippen MR) is 75.8 cm³/mol. The summed E-state index contributed by atoms with van der Waals surface area (Å²) in [6, 6.07) is 7.01. The molecule has 0 bridgehead atoms. The van der Waals surface area contributed by atoms with Gasteiger partial charge >= 0.3 is 0 Å². The smallest absolute Gasteiger partial charge is 0.203 e. The van der Waals surface area contributed by atoms with Crippen molar-refractivity contribution in [3.05, 3.63) is 47.5 Å². The minimum atomic E-state index is -0.190. The molecule has 1 N–H and O–H groups in total. The molecule has 0 unspecified atom stereocenters. The molecule has 0 radical (unpaired) electrons. The lowest BCUT2D eigenvalue weighted by Gasteiger charge is -2.12. The van der Waals surface area contributed by atoms with E-state index >= 15 is 0 Å². The molecule has 102 valence electrons. The van der Waals surface area contributed by atoms with E-state index in [1.165, 1.54) is 12.1 Å². The average molecular weight is 261 g/mol. The van der Waals surface area contributed by atoms with Crippen LogP contribution >= 0.6 is 0 Å². The Labute approximate surface area is 113 Å². The van der Waals surface area contributed by atoms with Crippen LogP contribution < -0.4 is 5.32 Å². The molecule has 0 aliphatic rings. The van der Waals surface area contributed by atoms with Crippen molar-refractivity contribution in [2.24, 2.45) is 0 Å². The van der Waals surface area contributed by atoms with Crippen LogP contribution in [-0.2, 0) is 13.0 Å². The zero-order chi connectivity index (χ0) is 13.8. The van der Waals surface area contributed by atoms with Crippen LogP contribution in [0, 0.1) is 12.7 Å². The van der Waals surface area contributed by atoms with Crippen LogP contribution in [0.3, 0.4) is 0 Å². The fourth-order valence-corrected chi connectivity index (χ4v) is 1.99. The molecule has 0 atom stereocenters. The van der Waals surface area contributed by atoms with Crippen molar-refractivity contribution >= 4 is 5.95 Å². The largest absolute Gasteiger partial charge is 0.353 e. The van der Waals surface area contributed by atoms with Crippen LogP contribution in [0.1, 0.15) is 25.1 Å². The summed E-state index contributed by atoms with van der Waals surface area (Å²) in [5.41, 5.74) is 2.13. The van der Waals surface area contributed by atoms with E-state index in [9.17, 15) is 4.39 Å². The van der Waals surface area contributed by atoms with Gasteiger partial charge in [0.2, 0.25) is 5.95 Å². The van der Waals surface area contributed by atoms with Crippen molar-refractivity contribution in [1.82, 2.24) is 9.55 Å². The molecule has 3 nitrogen and oxygen atoms in total. The number of imidazole rings is 1. The lowest BCUT2D eigenvalue weighted by molar-refractivity contribution is 0.625. The molecular formula is C15H20FN3. The molecule has 0 spiro atoms.